The van der Waals surface area contributed by atoms with Gasteiger partial charge in [-0.05, 0) is 38.9 Å². The van der Waals surface area contributed by atoms with E-state index in [4.69, 9.17) is 19.9 Å². The number of alkyl halides is 3. The Labute approximate surface area is 170 Å². The van der Waals surface area contributed by atoms with E-state index < -0.39 is 32.0 Å². The van der Waals surface area contributed by atoms with Gasteiger partial charge in [-0.3, -0.25) is 16.0 Å². The highest BCUT2D eigenvalue weighted by Crippen LogP contribution is 2.10. The van der Waals surface area contributed by atoms with Gasteiger partial charge < -0.3 is 25.3 Å². The molecule has 0 saturated heterocycles. The van der Waals surface area contributed by atoms with E-state index in [1.54, 1.807) is 0 Å². The van der Waals surface area contributed by atoms with Crippen LogP contribution in [-0.4, -0.2) is 91.2 Å². The number of rotatable bonds is 22. The van der Waals surface area contributed by atoms with E-state index in [9.17, 15) is 18.0 Å². The Kier molecular flexibility index (Phi) is 19.3. The van der Waals surface area contributed by atoms with Crippen LogP contribution >= 0.6 is 0 Å². The largest absolute Gasteiger partial charge is 0.379 e. The topological polar surface area (TPSA) is 119 Å². The smallest absolute Gasteiger partial charge is 0.312 e. The van der Waals surface area contributed by atoms with E-state index in [-0.39, 0.29) is 19.8 Å². The van der Waals surface area contributed by atoms with Gasteiger partial charge in [0.1, 0.15) is 25.9 Å². The Bertz CT molecular complexity index is 346. The highest BCUT2D eigenvalue weighted by Gasteiger charge is 2.33. The second kappa shape index (κ2) is 20.1. The molecular weight excluding hydrogens is 395 g/mol. The zero-order valence-electron chi connectivity index (χ0n) is 17.0. The number of carbonyl (C=O) groups is 1. The lowest BCUT2D eigenvalue weighted by Crippen LogP contribution is -2.60. The summed E-state index contributed by atoms with van der Waals surface area (Å²) in [7, 11) is 0. The van der Waals surface area contributed by atoms with Crippen LogP contribution in [0.25, 0.3) is 0 Å². The third-order valence-corrected chi connectivity index (χ3v) is 3.73. The summed E-state index contributed by atoms with van der Waals surface area (Å²) >= 11 is 0. The van der Waals surface area contributed by atoms with Crippen LogP contribution in [0.3, 0.4) is 0 Å². The molecule has 0 aliphatic heterocycles. The van der Waals surface area contributed by atoms with Gasteiger partial charge in [0.05, 0.1) is 19.8 Å². The zero-order chi connectivity index (χ0) is 21.6. The summed E-state index contributed by atoms with van der Waals surface area (Å²) in [6.07, 6.45) is 1.76. The number of primary amides is 1. The number of nitrogens with one attached hydrogen (secondary N) is 4. The predicted molar refractivity (Wildman–Crippen MR) is 104 cm³/mol. The maximum atomic E-state index is 12.0. The minimum absolute atomic E-state index is 0.0804. The van der Waals surface area contributed by atoms with Crippen LogP contribution in [0.4, 0.5) is 18.0 Å². The lowest BCUT2D eigenvalue weighted by atomic mass is 10.0. The molecule has 0 bridgehead atoms. The maximum absolute atomic E-state index is 12.0. The van der Waals surface area contributed by atoms with Crippen LogP contribution in [-0.2, 0) is 14.2 Å². The summed E-state index contributed by atoms with van der Waals surface area (Å²) in [4.78, 5) is 11.5. The van der Waals surface area contributed by atoms with Crippen LogP contribution in [0.2, 0.25) is 0 Å². The molecule has 0 aromatic carbocycles. The Morgan fingerprint density at radius 1 is 0.724 bits per heavy atom. The van der Waals surface area contributed by atoms with E-state index in [0.717, 1.165) is 0 Å². The fourth-order valence-electron chi connectivity index (χ4n) is 2.40. The van der Waals surface area contributed by atoms with Crippen LogP contribution in [0.15, 0.2) is 0 Å². The number of hydrogen-bond donors (Lipinski definition) is 5. The zero-order valence-corrected chi connectivity index (χ0v) is 17.0. The first-order chi connectivity index (χ1) is 14.1. The SMILES string of the molecule is NC(=O)NC(COCCCNCF)(COCCCNCF)COCCCNCF. The van der Waals surface area contributed by atoms with Crippen molar-refractivity contribution in [3.8, 4) is 0 Å². The summed E-state index contributed by atoms with van der Waals surface area (Å²) in [5.74, 6) is 0. The molecule has 0 saturated carbocycles. The van der Waals surface area contributed by atoms with Crippen molar-refractivity contribution in [2.24, 2.45) is 5.73 Å². The maximum Gasteiger partial charge on any atom is 0.312 e. The highest BCUT2D eigenvalue weighted by molar-refractivity contribution is 5.72. The predicted octanol–water partition coefficient (Wildman–Crippen LogP) is 0.163. The van der Waals surface area contributed by atoms with Crippen LogP contribution in [0.1, 0.15) is 19.3 Å². The van der Waals surface area contributed by atoms with Gasteiger partial charge >= 0.3 is 6.03 Å². The molecule has 12 heteroatoms. The Morgan fingerprint density at radius 3 is 1.34 bits per heavy atom. The molecular formula is C17H36F3N5O4. The third-order valence-electron chi connectivity index (χ3n) is 3.73. The average molecular weight is 432 g/mol. The van der Waals surface area contributed by atoms with Gasteiger partial charge in [-0.2, -0.15) is 0 Å². The van der Waals surface area contributed by atoms with Crippen LogP contribution < -0.4 is 27.0 Å². The summed E-state index contributed by atoms with van der Waals surface area (Å²) in [5, 5.41) is 10.3. The van der Waals surface area contributed by atoms with Gasteiger partial charge in [-0.25, -0.2) is 18.0 Å². The molecule has 9 nitrogen and oxygen atoms in total. The molecule has 0 aromatic rings. The first kappa shape index (κ1) is 27.8. The van der Waals surface area contributed by atoms with Crippen molar-refractivity contribution in [2.75, 3.05) is 79.7 Å². The second-order valence-electron chi connectivity index (χ2n) is 6.39. The molecule has 0 aliphatic carbocycles. The van der Waals surface area contributed by atoms with Crippen LogP contribution in [0.5, 0.6) is 0 Å². The van der Waals surface area contributed by atoms with Crippen molar-refractivity contribution in [2.45, 2.75) is 24.8 Å². The molecule has 0 radical (unpaired) electrons. The molecule has 0 heterocycles. The molecule has 2 amide bonds. The average Bonchev–Trinajstić information content (AvgIpc) is 2.69. The van der Waals surface area contributed by atoms with Crippen molar-refractivity contribution in [3.05, 3.63) is 0 Å². The monoisotopic (exact) mass is 431 g/mol. The van der Waals surface area contributed by atoms with E-state index in [2.05, 4.69) is 21.3 Å². The number of urea groups is 1. The quantitative estimate of drug-likeness (QED) is 0.122. The molecule has 0 spiro atoms. The van der Waals surface area contributed by atoms with E-state index in [0.29, 0.717) is 58.7 Å². The summed E-state index contributed by atoms with van der Waals surface area (Å²) in [6.45, 7) is 0.831. The number of ether oxygens (including phenoxy) is 3. The standard InChI is InChI=1S/C17H36F3N5O4/c18-13-22-4-1-7-27-10-17(25-16(21)26,11-28-8-2-5-23-14-19)12-29-9-3-6-24-15-20/h22-24H,1-15H2,(H3,21,25,26). The van der Waals surface area contributed by atoms with Crippen molar-refractivity contribution < 1.29 is 32.2 Å². The van der Waals surface area contributed by atoms with Gasteiger partial charge in [-0.15, -0.1) is 0 Å². The second-order valence-corrected chi connectivity index (χ2v) is 6.39. The van der Waals surface area contributed by atoms with Crippen molar-refractivity contribution in [3.63, 3.8) is 0 Å². The lowest BCUT2D eigenvalue weighted by molar-refractivity contribution is -0.0352. The van der Waals surface area contributed by atoms with Gasteiger partial charge in [0.25, 0.3) is 0 Å². The number of carbonyl (C=O) groups excluding carboxylic acids is 1. The Hall–Kier alpha value is -1.18. The van der Waals surface area contributed by atoms with E-state index in [1.807, 2.05) is 0 Å². The van der Waals surface area contributed by atoms with Crippen molar-refractivity contribution in [1.82, 2.24) is 21.3 Å². The van der Waals surface area contributed by atoms with Crippen molar-refractivity contribution in [1.29, 1.82) is 0 Å². The molecule has 174 valence electrons. The van der Waals surface area contributed by atoms with Crippen molar-refractivity contribution >= 4 is 6.03 Å². The first-order valence-electron chi connectivity index (χ1n) is 9.71. The molecule has 0 atom stereocenters. The summed E-state index contributed by atoms with van der Waals surface area (Å²) < 4.78 is 53.0. The van der Waals surface area contributed by atoms with Gasteiger partial charge in [0.2, 0.25) is 0 Å². The van der Waals surface area contributed by atoms with E-state index in [1.165, 1.54) is 0 Å². The number of amides is 2. The van der Waals surface area contributed by atoms with Crippen LogP contribution in [0, 0.1) is 0 Å². The number of hydrogen-bond acceptors (Lipinski definition) is 7. The molecule has 0 fully saturated rings. The Balaban J connectivity index is 4.59. The molecule has 0 aromatic heterocycles. The summed E-state index contributed by atoms with van der Waals surface area (Å²) in [5.41, 5.74) is 4.30. The Morgan fingerprint density at radius 2 is 1.07 bits per heavy atom. The van der Waals surface area contributed by atoms with Gasteiger partial charge in [0, 0.05) is 19.8 Å². The van der Waals surface area contributed by atoms with E-state index >= 15 is 0 Å². The fraction of sp³-hybridized carbons (Fsp3) is 0.941. The minimum atomic E-state index is -1.01. The first-order valence-corrected chi connectivity index (χ1v) is 9.71. The van der Waals surface area contributed by atoms with Gasteiger partial charge in [0.15, 0.2) is 0 Å². The molecule has 6 N–H and O–H groups in total. The minimum Gasteiger partial charge on any atom is -0.379 e. The van der Waals surface area contributed by atoms with Gasteiger partial charge in [-0.1, -0.05) is 0 Å². The molecule has 29 heavy (non-hydrogen) atoms. The third kappa shape index (κ3) is 17.4. The highest BCUT2D eigenvalue weighted by atomic mass is 19.1. The number of nitrogens with two attached hydrogens (primary N) is 1. The molecule has 0 aliphatic rings. The molecule has 0 unspecified atom stereocenters. The number of halogens is 3. The fourth-order valence-corrected chi connectivity index (χ4v) is 2.40. The molecule has 0 rings (SSSR count). The lowest BCUT2D eigenvalue weighted by Gasteiger charge is -2.33. The normalized spacial score (nSPS) is 11.7. The summed E-state index contributed by atoms with van der Waals surface area (Å²) in [6, 6.07) is -0.752.